The molecule has 0 spiro atoms. The molecule has 8 nitrogen and oxygen atoms in total. The molecule has 132 valence electrons. The summed E-state index contributed by atoms with van der Waals surface area (Å²) in [5.74, 6) is -0.251. The van der Waals surface area contributed by atoms with Crippen LogP contribution in [0.2, 0.25) is 0 Å². The molecule has 0 unspecified atom stereocenters. The molecule has 2 N–H and O–H groups in total. The van der Waals surface area contributed by atoms with Crippen molar-refractivity contribution in [3.05, 3.63) is 48.0 Å². The largest absolute Gasteiger partial charge is 0.367 e. The van der Waals surface area contributed by atoms with Gasteiger partial charge in [-0.2, -0.15) is 10.2 Å². The summed E-state index contributed by atoms with van der Waals surface area (Å²) >= 11 is 1.40. The van der Waals surface area contributed by atoms with Crippen molar-refractivity contribution in [2.45, 2.75) is 0 Å². The number of pyridine rings is 1. The molecule has 3 aromatic rings. The summed E-state index contributed by atoms with van der Waals surface area (Å²) in [5, 5.41) is 16.3. The van der Waals surface area contributed by atoms with Crippen molar-refractivity contribution < 1.29 is 4.79 Å². The SMILES string of the molecule is O=C(Nc1cnccc1N1CCNCC1)c1csc(-c2ccnnc2)n1. The van der Waals surface area contributed by atoms with Crippen molar-refractivity contribution in [1.29, 1.82) is 0 Å². The fraction of sp³-hybridized carbons (Fsp3) is 0.235. The Bertz CT molecular complexity index is 893. The highest BCUT2D eigenvalue weighted by Crippen LogP contribution is 2.27. The summed E-state index contributed by atoms with van der Waals surface area (Å²) < 4.78 is 0. The van der Waals surface area contributed by atoms with Gasteiger partial charge in [0.15, 0.2) is 0 Å². The van der Waals surface area contributed by atoms with Gasteiger partial charge < -0.3 is 15.5 Å². The number of nitrogens with zero attached hydrogens (tertiary/aromatic N) is 5. The highest BCUT2D eigenvalue weighted by molar-refractivity contribution is 7.13. The minimum atomic E-state index is -0.251. The van der Waals surface area contributed by atoms with Crippen LogP contribution in [0.4, 0.5) is 11.4 Å². The fourth-order valence-corrected chi connectivity index (χ4v) is 3.57. The molecule has 0 bridgehead atoms. The van der Waals surface area contributed by atoms with Gasteiger partial charge in [0.1, 0.15) is 10.7 Å². The minimum Gasteiger partial charge on any atom is -0.367 e. The number of carbonyl (C=O) groups excluding carboxylic acids is 1. The highest BCUT2D eigenvalue weighted by atomic mass is 32.1. The summed E-state index contributed by atoms with van der Waals surface area (Å²) in [6.45, 7) is 3.63. The Hall–Kier alpha value is -2.91. The van der Waals surface area contributed by atoms with Gasteiger partial charge in [-0.15, -0.1) is 11.3 Å². The van der Waals surface area contributed by atoms with Gasteiger partial charge in [0.2, 0.25) is 0 Å². The number of aromatic nitrogens is 4. The van der Waals surface area contributed by atoms with E-state index >= 15 is 0 Å². The van der Waals surface area contributed by atoms with E-state index in [1.165, 1.54) is 11.3 Å². The van der Waals surface area contributed by atoms with Crippen LogP contribution >= 0.6 is 11.3 Å². The molecule has 0 aliphatic carbocycles. The zero-order valence-electron chi connectivity index (χ0n) is 13.9. The van der Waals surface area contributed by atoms with Crippen molar-refractivity contribution in [2.75, 3.05) is 36.4 Å². The molecule has 0 atom stereocenters. The van der Waals surface area contributed by atoms with Crippen LogP contribution in [0.3, 0.4) is 0 Å². The molecule has 1 amide bonds. The molecule has 1 saturated heterocycles. The second-order valence-corrected chi connectivity index (χ2v) is 6.61. The first-order chi connectivity index (χ1) is 12.8. The number of rotatable bonds is 4. The number of nitrogens with one attached hydrogen (secondary N) is 2. The second-order valence-electron chi connectivity index (χ2n) is 5.75. The van der Waals surface area contributed by atoms with E-state index in [9.17, 15) is 4.79 Å². The third-order valence-corrected chi connectivity index (χ3v) is 4.96. The number of piperazine rings is 1. The third-order valence-electron chi connectivity index (χ3n) is 4.07. The van der Waals surface area contributed by atoms with Crippen molar-refractivity contribution in [1.82, 2.24) is 25.5 Å². The molecule has 0 saturated carbocycles. The molecule has 4 rings (SSSR count). The molecule has 9 heteroatoms. The molecule has 1 fully saturated rings. The van der Waals surface area contributed by atoms with Gasteiger partial charge in [0, 0.05) is 43.3 Å². The van der Waals surface area contributed by atoms with Gasteiger partial charge in [-0.05, 0) is 12.1 Å². The first-order valence-electron chi connectivity index (χ1n) is 8.25. The molecular formula is C17H17N7OS. The van der Waals surface area contributed by atoms with Crippen LogP contribution in [0.5, 0.6) is 0 Å². The van der Waals surface area contributed by atoms with Crippen LogP contribution < -0.4 is 15.5 Å². The predicted octanol–water partition coefficient (Wildman–Crippen LogP) is 1.66. The lowest BCUT2D eigenvalue weighted by Gasteiger charge is -2.30. The molecular weight excluding hydrogens is 350 g/mol. The maximum atomic E-state index is 12.6. The number of amides is 1. The normalized spacial score (nSPS) is 14.2. The first-order valence-corrected chi connectivity index (χ1v) is 9.13. The van der Waals surface area contributed by atoms with Crippen LogP contribution in [0, 0.1) is 0 Å². The van der Waals surface area contributed by atoms with Gasteiger partial charge in [-0.1, -0.05) is 0 Å². The van der Waals surface area contributed by atoms with E-state index in [4.69, 9.17) is 0 Å². The van der Waals surface area contributed by atoms with Crippen LogP contribution in [-0.4, -0.2) is 52.3 Å². The van der Waals surface area contributed by atoms with Gasteiger partial charge in [0.05, 0.1) is 30.0 Å². The number of anilines is 2. The highest BCUT2D eigenvalue weighted by Gasteiger charge is 2.18. The van der Waals surface area contributed by atoms with Gasteiger partial charge in [-0.25, -0.2) is 4.98 Å². The van der Waals surface area contributed by atoms with Crippen molar-refractivity contribution >= 4 is 28.6 Å². The second kappa shape index (κ2) is 7.54. The smallest absolute Gasteiger partial charge is 0.275 e. The van der Waals surface area contributed by atoms with Gasteiger partial charge in [-0.3, -0.25) is 9.78 Å². The maximum Gasteiger partial charge on any atom is 0.275 e. The third kappa shape index (κ3) is 3.53. The van der Waals surface area contributed by atoms with Crippen molar-refractivity contribution in [3.63, 3.8) is 0 Å². The first kappa shape index (κ1) is 16.6. The summed E-state index contributed by atoms with van der Waals surface area (Å²) in [6, 6.07) is 3.74. The number of hydrogen-bond donors (Lipinski definition) is 2. The lowest BCUT2D eigenvalue weighted by atomic mass is 10.2. The molecule has 4 heterocycles. The predicted molar refractivity (Wildman–Crippen MR) is 100 cm³/mol. The average Bonchev–Trinajstić information content (AvgIpc) is 3.20. The van der Waals surface area contributed by atoms with E-state index in [-0.39, 0.29) is 5.91 Å². The lowest BCUT2D eigenvalue weighted by Crippen LogP contribution is -2.43. The Morgan fingerprint density at radius 2 is 2.04 bits per heavy atom. The van der Waals surface area contributed by atoms with Crippen LogP contribution in [-0.2, 0) is 0 Å². The van der Waals surface area contributed by atoms with Crippen LogP contribution in [0.25, 0.3) is 10.6 Å². The minimum absolute atomic E-state index is 0.251. The number of hydrogen-bond acceptors (Lipinski definition) is 8. The van der Waals surface area contributed by atoms with E-state index in [0.29, 0.717) is 11.4 Å². The summed E-state index contributed by atoms with van der Waals surface area (Å²) in [4.78, 5) is 23.4. The van der Waals surface area contributed by atoms with Crippen molar-refractivity contribution in [2.24, 2.45) is 0 Å². The molecule has 1 aliphatic rings. The summed E-state index contributed by atoms with van der Waals surface area (Å²) in [5.41, 5.74) is 2.88. The van der Waals surface area contributed by atoms with E-state index in [2.05, 4.69) is 35.7 Å². The summed E-state index contributed by atoms with van der Waals surface area (Å²) in [6.07, 6.45) is 6.65. The van der Waals surface area contributed by atoms with Crippen LogP contribution in [0.15, 0.2) is 42.3 Å². The molecule has 1 aliphatic heterocycles. The monoisotopic (exact) mass is 367 g/mol. The van der Waals surface area contributed by atoms with E-state index in [0.717, 1.165) is 42.4 Å². The Balaban J connectivity index is 1.53. The van der Waals surface area contributed by atoms with Crippen LogP contribution in [0.1, 0.15) is 10.5 Å². The Kier molecular flexibility index (Phi) is 4.80. The average molecular weight is 367 g/mol. The Morgan fingerprint density at radius 1 is 1.15 bits per heavy atom. The molecule has 26 heavy (non-hydrogen) atoms. The molecule has 0 aromatic carbocycles. The standard InChI is InChI=1S/C17H17N7OS/c25-16(14-11-26-17(23-14)12-1-4-20-21-9-12)22-13-10-19-3-2-15(13)24-7-5-18-6-8-24/h1-4,9-11,18H,5-8H2,(H,22,25). The Labute approximate surface area is 154 Å². The van der Waals surface area contributed by atoms with E-state index in [1.807, 2.05) is 12.1 Å². The Morgan fingerprint density at radius 3 is 2.85 bits per heavy atom. The zero-order chi connectivity index (χ0) is 17.8. The number of thiazole rings is 1. The molecule has 3 aromatic heterocycles. The zero-order valence-corrected chi connectivity index (χ0v) is 14.7. The lowest BCUT2D eigenvalue weighted by molar-refractivity contribution is 0.102. The van der Waals surface area contributed by atoms with Crippen molar-refractivity contribution in [3.8, 4) is 10.6 Å². The molecule has 0 radical (unpaired) electrons. The maximum absolute atomic E-state index is 12.6. The van der Waals surface area contributed by atoms with Gasteiger partial charge in [0.25, 0.3) is 5.91 Å². The van der Waals surface area contributed by atoms with E-state index in [1.54, 1.807) is 30.2 Å². The topological polar surface area (TPSA) is 95.9 Å². The quantitative estimate of drug-likeness (QED) is 0.724. The number of carbonyl (C=O) groups is 1. The van der Waals surface area contributed by atoms with E-state index < -0.39 is 0 Å². The van der Waals surface area contributed by atoms with Gasteiger partial charge >= 0.3 is 0 Å². The summed E-state index contributed by atoms with van der Waals surface area (Å²) in [7, 11) is 0. The fourth-order valence-electron chi connectivity index (χ4n) is 2.78.